The van der Waals surface area contributed by atoms with E-state index >= 15 is 0 Å². The summed E-state index contributed by atoms with van der Waals surface area (Å²) >= 11 is 1.35. The third-order valence-corrected chi connectivity index (χ3v) is 7.89. The average molecular weight is 365 g/mol. The lowest BCUT2D eigenvalue weighted by Gasteiger charge is -2.43. The number of piperazine rings is 1. The zero-order valence-corrected chi connectivity index (χ0v) is 16.0. The monoisotopic (exact) mass is 364 g/mol. The Morgan fingerprint density at radius 2 is 1.67 bits per heavy atom. The van der Waals surface area contributed by atoms with Crippen molar-refractivity contribution < 1.29 is 8.42 Å². The fraction of sp³-hybridized carbons (Fsp3) is 0.444. The summed E-state index contributed by atoms with van der Waals surface area (Å²) in [6, 6.07) is 14.3. The number of sulfonamides is 1. The van der Waals surface area contributed by atoms with Crippen LogP contribution < -0.4 is 0 Å². The first kappa shape index (κ1) is 17.6. The predicted molar refractivity (Wildman–Crippen MR) is 98.7 cm³/mol. The molecule has 1 aliphatic heterocycles. The van der Waals surface area contributed by atoms with E-state index in [9.17, 15) is 8.42 Å². The molecule has 0 spiro atoms. The van der Waals surface area contributed by atoms with Crippen LogP contribution in [0, 0.1) is 6.92 Å². The van der Waals surface area contributed by atoms with Gasteiger partial charge in [-0.2, -0.15) is 4.31 Å². The van der Waals surface area contributed by atoms with E-state index in [-0.39, 0.29) is 12.1 Å². The second-order valence-electron chi connectivity index (χ2n) is 6.54. The second kappa shape index (κ2) is 6.96. The van der Waals surface area contributed by atoms with E-state index < -0.39 is 10.0 Å². The van der Waals surface area contributed by atoms with Crippen molar-refractivity contribution in [3.8, 4) is 0 Å². The molecule has 1 fully saturated rings. The van der Waals surface area contributed by atoms with Crippen LogP contribution in [0.4, 0.5) is 0 Å². The van der Waals surface area contributed by atoms with Crippen molar-refractivity contribution in [2.75, 3.05) is 13.1 Å². The SMILES string of the molecule is Cc1ccc(S(=O)(=O)N2CC(C)N(Cc3ccccc3)C(C)C2)s1. The molecule has 0 saturated carbocycles. The summed E-state index contributed by atoms with van der Waals surface area (Å²) in [5.41, 5.74) is 1.27. The molecule has 1 saturated heterocycles. The highest BCUT2D eigenvalue weighted by atomic mass is 32.2. The molecule has 0 N–H and O–H groups in total. The summed E-state index contributed by atoms with van der Waals surface area (Å²) in [7, 11) is -3.38. The third kappa shape index (κ3) is 3.57. The molecular formula is C18H24N2O2S2. The molecule has 0 bridgehead atoms. The number of hydrogen-bond donors (Lipinski definition) is 0. The normalized spacial score (nSPS) is 23.5. The van der Waals surface area contributed by atoms with E-state index in [1.54, 1.807) is 10.4 Å². The zero-order valence-electron chi connectivity index (χ0n) is 14.3. The van der Waals surface area contributed by atoms with Crippen LogP contribution in [0.25, 0.3) is 0 Å². The van der Waals surface area contributed by atoms with Crippen molar-refractivity contribution in [1.29, 1.82) is 0 Å². The minimum absolute atomic E-state index is 0.185. The lowest BCUT2D eigenvalue weighted by Crippen LogP contribution is -2.57. The van der Waals surface area contributed by atoms with Gasteiger partial charge >= 0.3 is 0 Å². The molecule has 1 aromatic heterocycles. The van der Waals surface area contributed by atoms with Crippen LogP contribution in [0.3, 0.4) is 0 Å². The van der Waals surface area contributed by atoms with E-state index in [1.807, 2.05) is 31.2 Å². The van der Waals surface area contributed by atoms with Gasteiger partial charge in [-0.15, -0.1) is 11.3 Å². The largest absolute Gasteiger partial charge is 0.291 e. The van der Waals surface area contributed by atoms with Gasteiger partial charge in [0.05, 0.1) is 0 Å². The Balaban J connectivity index is 1.75. The van der Waals surface area contributed by atoms with E-state index in [4.69, 9.17) is 0 Å². The number of hydrogen-bond acceptors (Lipinski definition) is 4. The lowest BCUT2D eigenvalue weighted by atomic mass is 10.1. The summed E-state index contributed by atoms with van der Waals surface area (Å²) in [4.78, 5) is 3.42. The molecule has 130 valence electrons. The Hall–Kier alpha value is -1.21. The van der Waals surface area contributed by atoms with E-state index in [2.05, 4.69) is 30.9 Å². The molecule has 0 amide bonds. The fourth-order valence-electron chi connectivity index (χ4n) is 3.29. The molecule has 3 rings (SSSR count). The van der Waals surface area contributed by atoms with Gasteiger partial charge in [0.1, 0.15) is 4.21 Å². The van der Waals surface area contributed by atoms with Crippen LogP contribution in [0.2, 0.25) is 0 Å². The molecule has 2 heterocycles. The smallest absolute Gasteiger partial charge is 0.252 e. The maximum atomic E-state index is 12.9. The number of aryl methyl sites for hydroxylation is 1. The quantitative estimate of drug-likeness (QED) is 0.835. The van der Waals surface area contributed by atoms with Crippen molar-refractivity contribution >= 4 is 21.4 Å². The molecular weight excluding hydrogens is 340 g/mol. The molecule has 0 radical (unpaired) electrons. The lowest BCUT2D eigenvalue weighted by molar-refractivity contribution is 0.0700. The predicted octanol–water partition coefficient (Wildman–Crippen LogP) is 3.34. The van der Waals surface area contributed by atoms with Crippen LogP contribution in [0.5, 0.6) is 0 Å². The standard InChI is InChI=1S/C18H24N2O2S2/c1-14-11-19(24(21,22)18-10-9-16(3)23-18)12-15(2)20(14)13-17-7-5-4-6-8-17/h4-10,14-15H,11-13H2,1-3H3. The van der Waals surface area contributed by atoms with Crippen molar-refractivity contribution in [1.82, 2.24) is 9.21 Å². The highest BCUT2D eigenvalue weighted by Gasteiger charge is 2.36. The molecule has 2 atom stereocenters. The van der Waals surface area contributed by atoms with Crippen molar-refractivity contribution in [3.05, 3.63) is 52.9 Å². The third-order valence-electron chi connectivity index (χ3n) is 4.59. The first-order valence-electron chi connectivity index (χ1n) is 8.24. The Bertz CT molecular complexity index is 774. The van der Waals surface area contributed by atoms with E-state index in [0.29, 0.717) is 17.3 Å². The number of nitrogens with zero attached hydrogens (tertiary/aromatic N) is 2. The second-order valence-corrected chi connectivity index (χ2v) is 10.00. The number of thiophene rings is 1. The van der Waals surface area contributed by atoms with Gasteiger partial charge in [-0.05, 0) is 38.5 Å². The summed E-state index contributed by atoms with van der Waals surface area (Å²) < 4.78 is 27.9. The maximum Gasteiger partial charge on any atom is 0.252 e. The van der Waals surface area contributed by atoms with Gasteiger partial charge in [0.25, 0.3) is 10.0 Å². The van der Waals surface area contributed by atoms with Gasteiger partial charge in [-0.25, -0.2) is 8.42 Å². The van der Waals surface area contributed by atoms with Crippen molar-refractivity contribution in [2.45, 2.75) is 43.6 Å². The highest BCUT2D eigenvalue weighted by molar-refractivity contribution is 7.91. The summed E-state index contributed by atoms with van der Waals surface area (Å²) in [5, 5.41) is 0. The molecule has 0 aliphatic carbocycles. The molecule has 2 unspecified atom stereocenters. The summed E-state index contributed by atoms with van der Waals surface area (Å²) in [5.74, 6) is 0. The average Bonchev–Trinajstić information content (AvgIpc) is 2.99. The Kier molecular flexibility index (Phi) is 5.11. The Morgan fingerprint density at radius 1 is 1.04 bits per heavy atom. The molecule has 1 aliphatic rings. The van der Waals surface area contributed by atoms with Gasteiger partial charge < -0.3 is 0 Å². The Labute approximate surface area is 148 Å². The Morgan fingerprint density at radius 3 is 2.21 bits per heavy atom. The number of benzene rings is 1. The maximum absolute atomic E-state index is 12.9. The number of rotatable bonds is 4. The molecule has 1 aromatic carbocycles. The zero-order chi connectivity index (χ0) is 17.3. The van der Waals surface area contributed by atoms with Crippen molar-refractivity contribution in [2.24, 2.45) is 0 Å². The first-order valence-corrected chi connectivity index (χ1v) is 10.5. The summed E-state index contributed by atoms with van der Waals surface area (Å²) in [6.45, 7) is 8.09. The topological polar surface area (TPSA) is 40.6 Å². The van der Waals surface area contributed by atoms with Gasteiger partial charge in [0.15, 0.2) is 0 Å². The van der Waals surface area contributed by atoms with Crippen LogP contribution in [-0.2, 0) is 16.6 Å². The molecule has 2 aromatic rings. The van der Waals surface area contributed by atoms with Gasteiger partial charge in [-0.1, -0.05) is 30.3 Å². The molecule has 4 nitrogen and oxygen atoms in total. The van der Waals surface area contributed by atoms with Crippen LogP contribution >= 0.6 is 11.3 Å². The fourth-order valence-corrected chi connectivity index (χ4v) is 6.33. The van der Waals surface area contributed by atoms with Crippen LogP contribution in [0.15, 0.2) is 46.7 Å². The van der Waals surface area contributed by atoms with Crippen molar-refractivity contribution in [3.63, 3.8) is 0 Å². The van der Waals surface area contributed by atoms with Gasteiger partial charge in [-0.3, -0.25) is 4.90 Å². The van der Waals surface area contributed by atoms with Crippen LogP contribution in [-0.4, -0.2) is 42.8 Å². The summed E-state index contributed by atoms with van der Waals surface area (Å²) in [6.07, 6.45) is 0. The molecule has 6 heteroatoms. The van der Waals surface area contributed by atoms with Gasteiger partial charge in [0.2, 0.25) is 0 Å². The van der Waals surface area contributed by atoms with E-state index in [1.165, 1.54) is 16.9 Å². The van der Waals surface area contributed by atoms with E-state index in [0.717, 1.165) is 11.4 Å². The minimum atomic E-state index is -3.38. The van der Waals surface area contributed by atoms with Crippen LogP contribution in [0.1, 0.15) is 24.3 Å². The first-order chi connectivity index (χ1) is 11.4. The highest BCUT2D eigenvalue weighted by Crippen LogP contribution is 2.28. The minimum Gasteiger partial charge on any atom is -0.291 e. The molecule has 24 heavy (non-hydrogen) atoms. The van der Waals surface area contributed by atoms with Gasteiger partial charge in [0, 0.05) is 36.6 Å².